The summed E-state index contributed by atoms with van der Waals surface area (Å²) in [6.45, 7) is 25.7. The van der Waals surface area contributed by atoms with Crippen LogP contribution in [0.3, 0.4) is 0 Å². The van der Waals surface area contributed by atoms with E-state index in [1.54, 1.807) is 0 Å². The van der Waals surface area contributed by atoms with E-state index in [0.717, 1.165) is 18.6 Å². The van der Waals surface area contributed by atoms with Crippen LogP contribution >= 0.6 is 0 Å². The summed E-state index contributed by atoms with van der Waals surface area (Å²) in [7, 11) is 0. The standard InChI is InChI=1S/C11H16N2O.C4H8.C3H8.3C2H6/c1-8-4-6-11(7-5-8)9(2)12-13-10(3)14;1-3-4-2;1-3-2;3*1-2/h4,6H,5,7H2,1-3H3,(H,13,14);3-4H,1-2H3;3H2,1-2H3;3*1-2H3/b12-9+;4-3-;;;;. The van der Waals surface area contributed by atoms with Gasteiger partial charge in [0.25, 0.3) is 0 Å². The molecule has 1 amide bonds. The molecule has 1 aliphatic carbocycles. The summed E-state index contributed by atoms with van der Waals surface area (Å²) in [5.74, 6) is -0.132. The molecule has 0 saturated heterocycles. The van der Waals surface area contributed by atoms with E-state index in [2.05, 4.69) is 43.5 Å². The lowest BCUT2D eigenvalue weighted by atomic mass is 9.97. The third kappa shape index (κ3) is 36.1. The molecule has 0 heterocycles. The Kier molecular flexibility index (Phi) is 47.7. The zero-order valence-corrected chi connectivity index (χ0v) is 20.8. The van der Waals surface area contributed by atoms with E-state index >= 15 is 0 Å². The van der Waals surface area contributed by atoms with Gasteiger partial charge >= 0.3 is 0 Å². The summed E-state index contributed by atoms with van der Waals surface area (Å²) in [5.41, 5.74) is 5.92. The van der Waals surface area contributed by atoms with E-state index in [4.69, 9.17) is 0 Å². The molecule has 1 N–H and O–H groups in total. The number of rotatable bonds is 2. The first-order valence-corrected chi connectivity index (χ1v) is 10.7. The highest BCUT2D eigenvalue weighted by Crippen LogP contribution is 2.18. The van der Waals surface area contributed by atoms with Crippen LogP contribution in [0.1, 0.15) is 109 Å². The van der Waals surface area contributed by atoms with Gasteiger partial charge in [0.15, 0.2) is 0 Å². The van der Waals surface area contributed by atoms with Crippen LogP contribution in [0.5, 0.6) is 0 Å². The van der Waals surface area contributed by atoms with Gasteiger partial charge in [-0.1, -0.05) is 91.7 Å². The van der Waals surface area contributed by atoms with Crippen molar-refractivity contribution in [2.75, 3.05) is 0 Å². The van der Waals surface area contributed by atoms with Gasteiger partial charge in [-0.3, -0.25) is 4.79 Å². The fraction of sp³-hybridized carbons (Fsp3) is 0.667. The molecule has 0 aromatic heterocycles. The molecule has 0 radical (unpaired) electrons. The van der Waals surface area contributed by atoms with Crippen LogP contribution in [0.15, 0.2) is 40.6 Å². The van der Waals surface area contributed by atoms with Gasteiger partial charge in [-0.15, -0.1) is 0 Å². The molecule has 0 aromatic rings. The number of hydrogen-bond donors (Lipinski definition) is 1. The van der Waals surface area contributed by atoms with Crippen molar-refractivity contribution >= 4 is 11.6 Å². The second kappa shape index (κ2) is 35.5. The summed E-state index contributed by atoms with van der Waals surface area (Å²) < 4.78 is 0. The van der Waals surface area contributed by atoms with Gasteiger partial charge in [-0.2, -0.15) is 5.10 Å². The summed E-state index contributed by atoms with van der Waals surface area (Å²) in [6.07, 6.45) is 11.5. The highest BCUT2D eigenvalue weighted by atomic mass is 16.2. The molecule has 0 atom stereocenters. The van der Waals surface area contributed by atoms with Crippen molar-refractivity contribution in [2.45, 2.75) is 109 Å². The Morgan fingerprint density at radius 2 is 1.37 bits per heavy atom. The Balaban J connectivity index is -0.000000103. The molecule has 1 aliphatic rings. The zero-order valence-electron chi connectivity index (χ0n) is 20.8. The predicted octanol–water partition coefficient (Wildman–Crippen LogP) is 8.24. The molecule has 3 heteroatoms. The van der Waals surface area contributed by atoms with E-state index in [1.807, 2.05) is 74.5 Å². The summed E-state index contributed by atoms with van der Waals surface area (Å²) in [5, 5.41) is 3.99. The number of allylic oxidation sites excluding steroid dienone is 6. The molecule has 0 fully saturated rings. The Morgan fingerprint density at radius 1 is 0.963 bits per heavy atom. The Morgan fingerprint density at radius 3 is 1.63 bits per heavy atom. The first kappa shape index (κ1) is 36.3. The Bertz CT molecular complexity index is 399. The Hall–Kier alpha value is -1.64. The minimum atomic E-state index is -0.132. The van der Waals surface area contributed by atoms with Gasteiger partial charge in [0.1, 0.15) is 0 Å². The largest absolute Gasteiger partial charge is 0.274 e. The summed E-state index contributed by atoms with van der Waals surface area (Å²) >= 11 is 0. The van der Waals surface area contributed by atoms with Crippen LogP contribution in [-0.4, -0.2) is 11.6 Å². The molecule has 0 saturated carbocycles. The van der Waals surface area contributed by atoms with Gasteiger partial charge in [0, 0.05) is 6.92 Å². The number of nitrogens with one attached hydrogen (secondary N) is 1. The number of amides is 1. The number of nitrogens with zero attached hydrogens (tertiary/aromatic N) is 1. The van der Waals surface area contributed by atoms with Gasteiger partial charge in [-0.05, 0) is 46.1 Å². The topological polar surface area (TPSA) is 41.5 Å². The fourth-order valence-electron chi connectivity index (χ4n) is 1.28. The van der Waals surface area contributed by atoms with Crippen LogP contribution in [-0.2, 0) is 4.79 Å². The predicted molar refractivity (Wildman–Crippen MR) is 128 cm³/mol. The second-order valence-electron chi connectivity index (χ2n) is 4.94. The van der Waals surface area contributed by atoms with Crippen LogP contribution in [0, 0.1) is 0 Å². The number of carbonyl (C=O) groups excluding carboxylic acids is 1. The van der Waals surface area contributed by atoms with Crippen molar-refractivity contribution in [3.05, 3.63) is 35.5 Å². The van der Waals surface area contributed by atoms with Crippen molar-refractivity contribution in [3.63, 3.8) is 0 Å². The molecule has 162 valence electrons. The van der Waals surface area contributed by atoms with Crippen molar-refractivity contribution in [1.82, 2.24) is 5.43 Å². The quantitative estimate of drug-likeness (QED) is 0.291. The molecule has 0 spiro atoms. The molecule has 0 unspecified atom stereocenters. The molecule has 1 rings (SSSR count). The minimum Gasteiger partial charge on any atom is -0.274 e. The van der Waals surface area contributed by atoms with Gasteiger partial charge in [0.2, 0.25) is 5.91 Å². The highest BCUT2D eigenvalue weighted by molar-refractivity contribution is 5.99. The van der Waals surface area contributed by atoms with Crippen molar-refractivity contribution < 1.29 is 4.79 Å². The molecule has 3 nitrogen and oxygen atoms in total. The van der Waals surface area contributed by atoms with Crippen LogP contribution in [0.2, 0.25) is 0 Å². The third-order valence-electron chi connectivity index (χ3n) is 2.54. The minimum absolute atomic E-state index is 0.132. The van der Waals surface area contributed by atoms with Gasteiger partial charge in [0.05, 0.1) is 5.71 Å². The average Bonchev–Trinajstić information content (AvgIpc) is 2.72. The number of hydrazone groups is 1. The van der Waals surface area contributed by atoms with E-state index < -0.39 is 0 Å². The maximum atomic E-state index is 10.6. The maximum Gasteiger partial charge on any atom is 0.236 e. The molecular formula is C24H50N2O. The molecule has 0 aromatic carbocycles. The van der Waals surface area contributed by atoms with Crippen LogP contribution in [0.4, 0.5) is 0 Å². The Labute approximate surface area is 172 Å². The van der Waals surface area contributed by atoms with E-state index in [-0.39, 0.29) is 5.91 Å². The normalized spacial score (nSPS) is 11.7. The molecule has 0 bridgehead atoms. The maximum absolute atomic E-state index is 10.6. The van der Waals surface area contributed by atoms with E-state index in [1.165, 1.54) is 24.5 Å². The molecule has 0 aliphatic heterocycles. The smallest absolute Gasteiger partial charge is 0.236 e. The molecule has 27 heavy (non-hydrogen) atoms. The van der Waals surface area contributed by atoms with E-state index in [9.17, 15) is 4.79 Å². The number of hydrogen-bond acceptors (Lipinski definition) is 2. The van der Waals surface area contributed by atoms with Gasteiger partial charge in [-0.25, -0.2) is 5.43 Å². The monoisotopic (exact) mass is 382 g/mol. The fourth-order valence-corrected chi connectivity index (χ4v) is 1.28. The summed E-state index contributed by atoms with van der Waals surface area (Å²) in [6, 6.07) is 0. The zero-order chi connectivity index (χ0) is 22.7. The van der Waals surface area contributed by atoms with Crippen molar-refractivity contribution in [3.8, 4) is 0 Å². The SMILES string of the molecule is C/C=C\C.CC.CC.CC.CC(=O)N/N=C(\C)C1=CC=C(C)CC1.CCC. The van der Waals surface area contributed by atoms with Crippen molar-refractivity contribution in [1.29, 1.82) is 0 Å². The first-order chi connectivity index (χ1) is 12.9. The lowest BCUT2D eigenvalue weighted by Crippen LogP contribution is -2.15. The highest BCUT2D eigenvalue weighted by Gasteiger charge is 2.06. The lowest BCUT2D eigenvalue weighted by molar-refractivity contribution is -0.118. The first-order valence-electron chi connectivity index (χ1n) is 10.7. The second-order valence-corrected chi connectivity index (χ2v) is 4.94. The van der Waals surface area contributed by atoms with Gasteiger partial charge < -0.3 is 0 Å². The van der Waals surface area contributed by atoms with Crippen LogP contribution in [0.25, 0.3) is 0 Å². The van der Waals surface area contributed by atoms with Crippen molar-refractivity contribution in [2.24, 2.45) is 5.10 Å². The van der Waals surface area contributed by atoms with E-state index in [0.29, 0.717) is 0 Å². The molecular weight excluding hydrogens is 332 g/mol. The average molecular weight is 383 g/mol. The summed E-state index contributed by atoms with van der Waals surface area (Å²) in [4.78, 5) is 10.6. The number of carbonyl (C=O) groups is 1. The lowest BCUT2D eigenvalue weighted by Gasteiger charge is -2.11. The van der Waals surface area contributed by atoms with Crippen LogP contribution < -0.4 is 5.43 Å². The third-order valence-corrected chi connectivity index (χ3v) is 2.54.